The number of methoxy groups -OCH3 is 1. The van der Waals surface area contributed by atoms with Crippen molar-refractivity contribution < 1.29 is 4.74 Å². The standard InChI is InChI=1S/C15H21BrN6OS.HI/c1-17-15(18-6-12-5-10(16)9-24-12)19-11-3-4-14-20-13(8-23-2)21-22(14)7-11;/h5,9,11H,3-4,6-8H2,1-2H3,(H2,17,18,19);1H. The molecule has 1 unspecified atom stereocenters. The molecule has 10 heteroatoms. The summed E-state index contributed by atoms with van der Waals surface area (Å²) in [6, 6.07) is 2.40. The highest BCUT2D eigenvalue weighted by atomic mass is 127. The summed E-state index contributed by atoms with van der Waals surface area (Å²) in [5.41, 5.74) is 0. The van der Waals surface area contributed by atoms with E-state index >= 15 is 0 Å². The fraction of sp³-hybridized carbons (Fsp3) is 0.533. The van der Waals surface area contributed by atoms with E-state index in [1.54, 1.807) is 25.5 Å². The minimum absolute atomic E-state index is 0. The largest absolute Gasteiger partial charge is 0.377 e. The quantitative estimate of drug-likeness (QED) is 0.346. The zero-order chi connectivity index (χ0) is 16.9. The molecule has 0 fully saturated rings. The summed E-state index contributed by atoms with van der Waals surface area (Å²) >= 11 is 5.20. The Morgan fingerprint density at radius 1 is 1.56 bits per heavy atom. The lowest BCUT2D eigenvalue weighted by atomic mass is 10.1. The van der Waals surface area contributed by atoms with E-state index in [4.69, 9.17) is 4.74 Å². The molecule has 7 nitrogen and oxygen atoms in total. The number of nitrogens with one attached hydrogen (secondary N) is 2. The first-order valence-electron chi connectivity index (χ1n) is 7.79. The number of aromatic nitrogens is 3. The molecular weight excluding hydrogens is 519 g/mol. The second-order valence-electron chi connectivity index (χ2n) is 5.60. The van der Waals surface area contributed by atoms with Gasteiger partial charge in [-0.3, -0.25) is 4.99 Å². The molecule has 25 heavy (non-hydrogen) atoms. The fourth-order valence-electron chi connectivity index (χ4n) is 2.67. The van der Waals surface area contributed by atoms with Crippen molar-refractivity contribution in [3.05, 3.63) is 32.4 Å². The molecule has 0 bridgehead atoms. The summed E-state index contributed by atoms with van der Waals surface area (Å²) in [5.74, 6) is 2.59. The molecule has 1 aliphatic rings. The normalized spacial score (nSPS) is 16.9. The molecule has 0 saturated heterocycles. The third-order valence-corrected chi connectivity index (χ3v) is 5.49. The Morgan fingerprint density at radius 3 is 3.08 bits per heavy atom. The van der Waals surface area contributed by atoms with Gasteiger partial charge >= 0.3 is 0 Å². The van der Waals surface area contributed by atoms with E-state index in [1.165, 1.54) is 4.88 Å². The first-order chi connectivity index (χ1) is 11.7. The van der Waals surface area contributed by atoms with Crippen LogP contribution >= 0.6 is 51.2 Å². The van der Waals surface area contributed by atoms with Gasteiger partial charge < -0.3 is 15.4 Å². The lowest BCUT2D eigenvalue weighted by Gasteiger charge is -2.25. The summed E-state index contributed by atoms with van der Waals surface area (Å²) in [4.78, 5) is 10.1. The van der Waals surface area contributed by atoms with Gasteiger partial charge in [0.25, 0.3) is 0 Å². The maximum Gasteiger partial charge on any atom is 0.191 e. The van der Waals surface area contributed by atoms with E-state index in [0.717, 1.165) is 48.0 Å². The number of ether oxygens (including phenoxy) is 1. The van der Waals surface area contributed by atoms with Gasteiger partial charge in [-0.1, -0.05) is 0 Å². The Morgan fingerprint density at radius 2 is 2.40 bits per heavy atom. The lowest BCUT2D eigenvalue weighted by molar-refractivity contribution is 0.177. The number of thiophene rings is 1. The molecule has 3 rings (SSSR count). The topological polar surface area (TPSA) is 76.4 Å². The van der Waals surface area contributed by atoms with Crippen molar-refractivity contribution in [1.82, 2.24) is 25.4 Å². The monoisotopic (exact) mass is 540 g/mol. The van der Waals surface area contributed by atoms with Crippen LogP contribution in [-0.4, -0.2) is 40.9 Å². The highest BCUT2D eigenvalue weighted by molar-refractivity contribution is 14.0. The van der Waals surface area contributed by atoms with Crippen LogP contribution in [0, 0.1) is 0 Å². The minimum atomic E-state index is 0. The Labute approximate surface area is 176 Å². The average molecular weight is 541 g/mol. The van der Waals surface area contributed by atoms with Crippen LogP contribution in [0.5, 0.6) is 0 Å². The van der Waals surface area contributed by atoms with Crippen molar-refractivity contribution in [2.75, 3.05) is 14.2 Å². The van der Waals surface area contributed by atoms with Gasteiger partial charge in [0.05, 0.1) is 13.1 Å². The molecule has 1 aliphatic heterocycles. The average Bonchev–Trinajstić information content (AvgIpc) is 3.16. The summed E-state index contributed by atoms with van der Waals surface area (Å²) < 4.78 is 8.19. The number of hydrogen-bond acceptors (Lipinski definition) is 5. The molecule has 0 aromatic carbocycles. The number of nitrogens with zero attached hydrogens (tertiary/aromatic N) is 4. The highest BCUT2D eigenvalue weighted by Gasteiger charge is 2.22. The number of fused-ring (bicyclic) bond motifs is 1. The van der Waals surface area contributed by atoms with E-state index in [1.807, 2.05) is 4.68 Å². The molecule has 0 spiro atoms. The molecule has 0 amide bonds. The molecule has 1 atom stereocenters. The van der Waals surface area contributed by atoms with E-state index < -0.39 is 0 Å². The second-order valence-corrected chi connectivity index (χ2v) is 7.51. The van der Waals surface area contributed by atoms with Crippen LogP contribution in [0.25, 0.3) is 0 Å². The third kappa shape index (κ3) is 5.63. The first-order valence-corrected chi connectivity index (χ1v) is 9.47. The number of aryl methyl sites for hydroxylation is 1. The summed E-state index contributed by atoms with van der Waals surface area (Å²) in [6.07, 6.45) is 1.92. The number of guanidine groups is 1. The van der Waals surface area contributed by atoms with Gasteiger partial charge in [0.15, 0.2) is 11.8 Å². The van der Waals surface area contributed by atoms with Gasteiger partial charge in [-0.2, -0.15) is 5.10 Å². The summed E-state index contributed by atoms with van der Waals surface area (Å²) in [5, 5.41) is 13.4. The van der Waals surface area contributed by atoms with Crippen LogP contribution in [0.2, 0.25) is 0 Å². The van der Waals surface area contributed by atoms with Crippen LogP contribution in [0.4, 0.5) is 0 Å². The smallest absolute Gasteiger partial charge is 0.191 e. The SMILES string of the molecule is CN=C(NCc1cc(Br)cs1)NC1CCc2nc(COC)nn2C1.I. The number of hydrogen-bond donors (Lipinski definition) is 2. The molecule has 0 aliphatic carbocycles. The Balaban J connectivity index is 0.00000225. The van der Waals surface area contributed by atoms with E-state index in [2.05, 4.69) is 53.1 Å². The Kier molecular flexibility index (Phi) is 8.10. The van der Waals surface area contributed by atoms with Crippen molar-refractivity contribution in [2.24, 2.45) is 4.99 Å². The molecule has 0 radical (unpaired) electrons. The molecule has 3 heterocycles. The minimum Gasteiger partial charge on any atom is -0.377 e. The predicted octanol–water partition coefficient (Wildman–Crippen LogP) is 2.55. The van der Waals surface area contributed by atoms with Gasteiger partial charge in [0, 0.05) is 41.4 Å². The van der Waals surface area contributed by atoms with Crippen LogP contribution in [-0.2, 0) is 30.9 Å². The molecule has 0 saturated carbocycles. The number of aliphatic imine (C=N–C) groups is 1. The highest BCUT2D eigenvalue weighted by Crippen LogP contribution is 2.19. The second kappa shape index (κ2) is 9.83. The van der Waals surface area contributed by atoms with Gasteiger partial charge in [0.1, 0.15) is 12.4 Å². The van der Waals surface area contributed by atoms with Crippen molar-refractivity contribution >= 4 is 57.2 Å². The zero-order valence-corrected chi connectivity index (χ0v) is 18.9. The van der Waals surface area contributed by atoms with Crippen molar-refractivity contribution in [1.29, 1.82) is 0 Å². The molecular formula is C15H22BrIN6OS. The van der Waals surface area contributed by atoms with Gasteiger partial charge in [0.2, 0.25) is 0 Å². The van der Waals surface area contributed by atoms with Crippen LogP contribution in [0.3, 0.4) is 0 Å². The van der Waals surface area contributed by atoms with Crippen molar-refractivity contribution in [2.45, 2.75) is 38.6 Å². The summed E-state index contributed by atoms with van der Waals surface area (Å²) in [7, 11) is 3.45. The van der Waals surface area contributed by atoms with Gasteiger partial charge in [-0.25, -0.2) is 9.67 Å². The van der Waals surface area contributed by atoms with Gasteiger partial charge in [-0.15, -0.1) is 35.3 Å². The molecule has 2 aromatic rings. The van der Waals surface area contributed by atoms with E-state index in [9.17, 15) is 0 Å². The predicted molar refractivity (Wildman–Crippen MR) is 114 cm³/mol. The van der Waals surface area contributed by atoms with E-state index in [-0.39, 0.29) is 30.0 Å². The van der Waals surface area contributed by atoms with Crippen LogP contribution in [0.15, 0.2) is 20.9 Å². The molecule has 2 N–H and O–H groups in total. The van der Waals surface area contributed by atoms with Crippen molar-refractivity contribution in [3.63, 3.8) is 0 Å². The first kappa shape index (κ1) is 20.6. The maximum absolute atomic E-state index is 5.10. The van der Waals surface area contributed by atoms with Crippen molar-refractivity contribution in [3.8, 4) is 0 Å². The summed E-state index contributed by atoms with van der Waals surface area (Å²) in [6.45, 7) is 2.00. The van der Waals surface area contributed by atoms with Crippen LogP contribution < -0.4 is 10.6 Å². The molecule has 138 valence electrons. The van der Waals surface area contributed by atoms with Gasteiger partial charge in [-0.05, 0) is 28.4 Å². The number of rotatable bonds is 5. The zero-order valence-electron chi connectivity index (χ0n) is 14.2. The molecule has 2 aromatic heterocycles. The maximum atomic E-state index is 5.10. The number of halogens is 2. The lowest BCUT2D eigenvalue weighted by Crippen LogP contribution is -2.46. The fourth-order valence-corrected chi connectivity index (χ4v) is 4.06. The Bertz CT molecular complexity index is 719. The van der Waals surface area contributed by atoms with Crippen LogP contribution in [0.1, 0.15) is 22.9 Å². The van der Waals surface area contributed by atoms with E-state index in [0.29, 0.717) is 6.61 Å². The Hall–Kier alpha value is -0.720. The third-order valence-electron chi connectivity index (χ3n) is 3.79.